The first kappa shape index (κ1) is 38.7. The summed E-state index contributed by atoms with van der Waals surface area (Å²) in [6.45, 7) is 4.61. The predicted octanol–water partition coefficient (Wildman–Crippen LogP) is 11.7. The molecular weight excluding hydrogens is 496 g/mol. The van der Waals surface area contributed by atoms with Crippen molar-refractivity contribution in [3.63, 3.8) is 0 Å². The Kier molecular flexibility index (Phi) is 31.1. The zero-order valence-electron chi connectivity index (χ0n) is 26.9. The van der Waals surface area contributed by atoms with Crippen molar-refractivity contribution in [2.24, 2.45) is 5.92 Å². The maximum Gasteiger partial charge on any atom is 0.309 e. The van der Waals surface area contributed by atoms with Crippen LogP contribution in [0.25, 0.3) is 0 Å². The summed E-state index contributed by atoms with van der Waals surface area (Å²) in [5, 5.41) is 9.05. The fourth-order valence-corrected chi connectivity index (χ4v) is 5.42. The molecular formula is C36H68O4. The van der Waals surface area contributed by atoms with Crippen molar-refractivity contribution in [1.29, 1.82) is 0 Å². The van der Waals surface area contributed by atoms with Crippen LogP contribution in [0.15, 0.2) is 12.2 Å². The van der Waals surface area contributed by atoms with Crippen molar-refractivity contribution in [1.82, 2.24) is 0 Å². The first-order valence-corrected chi connectivity index (χ1v) is 17.6. The fourth-order valence-electron chi connectivity index (χ4n) is 5.42. The van der Waals surface area contributed by atoms with Crippen LogP contribution in [0.4, 0.5) is 0 Å². The number of carboxylic acids is 1. The van der Waals surface area contributed by atoms with Crippen molar-refractivity contribution in [3.8, 4) is 0 Å². The van der Waals surface area contributed by atoms with E-state index in [1.165, 1.54) is 135 Å². The van der Waals surface area contributed by atoms with Crippen molar-refractivity contribution in [3.05, 3.63) is 12.2 Å². The maximum absolute atomic E-state index is 12.0. The SMILES string of the molecule is CCCCCCCCCCCCCCCCCCCC/C=C/CCCCCCCC(CC(=O)O)C(=O)OCCC. The van der Waals surface area contributed by atoms with Crippen molar-refractivity contribution < 1.29 is 19.4 Å². The molecule has 0 aliphatic heterocycles. The molecule has 0 amide bonds. The van der Waals surface area contributed by atoms with E-state index in [-0.39, 0.29) is 12.4 Å². The van der Waals surface area contributed by atoms with E-state index in [1.807, 2.05) is 6.92 Å². The highest BCUT2D eigenvalue weighted by Gasteiger charge is 2.22. The third-order valence-corrected chi connectivity index (χ3v) is 8.02. The summed E-state index contributed by atoms with van der Waals surface area (Å²) in [7, 11) is 0. The minimum Gasteiger partial charge on any atom is -0.481 e. The van der Waals surface area contributed by atoms with Gasteiger partial charge in [0, 0.05) is 0 Å². The van der Waals surface area contributed by atoms with E-state index in [2.05, 4.69) is 19.1 Å². The zero-order valence-corrected chi connectivity index (χ0v) is 26.9. The van der Waals surface area contributed by atoms with Gasteiger partial charge in [-0.15, -0.1) is 0 Å². The van der Waals surface area contributed by atoms with E-state index in [0.29, 0.717) is 13.0 Å². The minimum atomic E-state index is -0.921. The van der Waals surface area contributed by atoms with Gasteiger partial charge in [-0.3, -0.25) is 9.59 Å². The van der Waals surface area contributed by atoms with Crippen molar-refractivity contribution in [2.75, 3.05) is 6.61 Å². The Balaban J connectivity index is 3.36. The highest BCUT2D eigenvalue weighted by molar-refractivity contribution is 5.79. The Bertz CT molecular complexity index is 571. The molecule has 0 aliphatic rings. The van der Waals surface area contributed by atoms with Gasteiger partial charge in [-0.2, -0.15) is 0 Å². The monoisotopic (exact) mass is 565 g/mol. The highest BCUT2D eigenvalue weighted by Crippen LogP contribution is 2.18. The molecule has 4 nitrogen and oxygen atoms in total. The second-order valence-electron chi connectivity index (χ2n) is 12.1. The van der Waals surface area contributed by atoms with Gasteiger partial charge in [-0.05, 0) is 38.5 Å². The molecule has 0 spiro atoms. The van der Waals surface area contributed by atoms with Crippen molar-refractivity contribution in [2.45, 2.75) is 194 Å². The third-order valence-electron chi connectivity index (χ3n) is 8.02. The van der Waals surface area contributed by atoms with E-state index in [9.17, 15) is 9.59 Å². The van der Waals surface area contributed by atoms with E-state index in [0.717, 1.165) is 32.1 Å². The molecule has 236 valence electrons. The Morgan fingerprint density at radius 2 is 0.925 bits per heavy atom. The summed E-state index contributed by atoms with van der Waals surface area (Å²) < 4.78 is 5.16. The lowest BCUT2D eigenvalue weighted by Gasteiger charge is -2.13. The van der Waals surface area contributed by atoms with Crippen LogP contribution in [0.3, 0.4) is 0 Å². The summed E-state index contributed by atoms with van der Waals surface area (Å²) in [6, 6.07) is 0. The van der Waals surface area contributed by atoms with Gasteiger partial charge in [-0.1, -0.05) is 161 Å². The highest BCUT2D eigenvalue weighted by atomic mass is 16.5. The quantitative estimate of drug-likeness (QED) is 0.0501. The summed E-state index contributed by atoms with van der Waals surface area (Å²) >= 11 is 0. The normalized spacial score (nSPS) is 12.2. The number of rotatable bonds is 32. The molecule has 0 aromatic carbocycles. The van der Waals surface area contributed by atoms with Gasteiger partial charge in [0.15, 0.2) is 0 Å². The number of carbonyl (C=O) groups excluding carboxylic acids is 1. The number of esters is 1. The van der Waals surface area contributed by atoms with Gasteiger partial charge in [0.05, 0.1) is 18.9 Å². The molecule has 1 N–H and O–H groups in total. The molecule has 0 radical (unpaired) electrons. The van der Waals surface area contributed by atoms with Crippen LogP contribution in [-0.4, -0.2) is 23.7 Å². The topological polar surface area (TPSA) is 63.6 Å². The lowest BCUT2D eigenvalue weighted by Crippen LogP contribution is -2.21. The molecule has 4 heteroatoms. The number of hydrogen-bond acceptors (Lipinski definition) is 3. The fraction of sp³-hybridized carbons (Fsp3) is 0.889. The van der Waals surface area contributed by atoms with Crippen LogP contribution >= 0.6 is 0 Å². The number of carbonyl (C=O) groups is 2. The average Bonchev–Trinajstić information content (AvgIpc) is 2.94. The molecule has 0 bridgehead atoms. The van der Waals surface area contributed by atoms with Crippen LogP contribution in [-0.2, 0) is 14.3 Å². The van der Waals surface area contributed by atoms with Crippen LogP contribution in [0.2, 0.25) is 0 Å². The standard InChI is InChI=1S/C36H68O4/c1-3-5-6-7-8-9-10-11-12-13-14-15-16-17-18-19-20-21-22-23-24-25-26-27-28-29-30-31-34(33-35(37)38)36(39)40-32-4-2/h23-24,34H,3-22,25-33H2,1-2H3,(H,37,38)/b24-23+. The third kappa shape index (κ3) is 29.7. The van der Waals surface area contributed by atoms with E-state index in [1.54, 1.807) is 0 Å². The van der Waals surface area contributed by atoms with Crippen LogP contribution in [0.5, 0.6) is 0 Å². The molecule has 0 saturated carbocycles. The van der Waals surface area contributed by atoms with Gasteiger partial charge in [0.1, 0.15) is 0 Å². The Morgan fingerprint density at radius 1 is 0.550 bits per heavy atom. The first-order chi connectivity index (χ1) is 19.6. The minimum absolute atomic E-state index is 0.118. The van der Waals surface area contributed by atoms with Crippen molar-refractivity contribution >= 4 is 11.9 Å². The number of unbranched alkanes of at least 4 members (excludes halogenated alkanes) is 23. The maximum atomic E-state index is 12.0. The molecule has 0 aromatic heterocycles. The summed E-state index contributed by atoms with van der Waals surface area (Å²) in [4.78, 5) is 23.0. The smallest absolute Gasteiger partial charge is 0.309 e. The van der Waals surface area contributed by atoms with Gasteiger partial charge in [0.2, 0.25) is 0 Å². The predicted molar refractivity (Wildman–Crippen MR) is 172 cm³/mol. The van der Waals surface area contributed by atoms with E-state index in [4.69, 9.17) is 9.84 Å². The zero-order chi connectivity index (χ0) is 29.4. The number of ether oxygens (including phenoxy) is 1. The molecule has 0 heterocycles. The first-order valence-electron chi connectivity index (χ1n) is 17.6. The molecule has 1 unspecified atom stereocenters. The molecule has 0 aromatic rings. The summed E-state index contributed by atoms with van der Waals surface area (Å²) in [5.41, 5.74) is 0. The van der Waals surface area contributed by atoms with Gasteiger partial charge in [0.25, 0.3) is 0 Å². The van der Waals surface area contributed by atoms with Crippen LogP contribution in [0.1, 0.15) is 194 Å². The number of aliphatic carboxylic acids is 1. The van der Waals surface area contributed by atoms with Gasteiger partial charge in [-0.25, -0.2) is 0 Å². The van der Waals surface area contributed by atoms with Gasteiger partial charge < -0.3 is 9.84 Å². The molecule has 0 fully saturated rings. The Morgan fingerprint density at radius 3 is 1.30 bits per heavy atom. The molecule has 0 rings (SSSR count). The summed E-state index contributed by atoms with van der Waals surface area (Å²) in [5.74, 6) is -1.76. The summed E-state index contributed by atoms with van der Waals surface area (Å²) in [6.07, 6.45) is 39.6. The molecule has 0 saturated heterocycles. The number of hydrogen-bond donors (Lipinski definition) is 1. The van der Waals surface area contributed by atoms with Crippen LogP contribution < -0.4 is 0 Å². The second-order valence-corrected chi connectivity index (χ2v) is 12.1. The Hall–Kier alpha value is -1.32. The number of carboxylic acid groups (broad SMARTS) is 1. The molecule has 40 heavy (non-hydrogen) atoms. The van der Waals surface area contributed by atoms with E-state index >= 15 is 0 Å². The largest absolute Gasteiger partial charge is 0.481 e. The lowest BCUT2D eigenvalue weighted by molar-refractivity contribution is -0.153. The lowest BCUT2D eigenvalue weighted by atomic mass is 9.97. The van der Waals surface area contributed by atoms with Gasteiger partial charge >= 0.3 is 11.9 Å². The second kappa shape index (κ2) is 32.2. The number of allylic oxidation sites excluding steroid dienone is 2. The Labute approximate surface area is 249 Å². The molecule has 1 atom stereocenters. The molecule has 0 aliphatic carbocycles. The van der Waals surface area contributed by atoms with Crippen LogP contribution in [0, 0.1) is 5.92 Å². The average molecular weight is 565 g/mol. The van der Waals surface area contributed by atoms with E-state index < -0.39 is 11.9 Å².